The lowest BCUT2D eigenvalue weighted by Crippen LogP contribution is -2.26. The van der Waals surface area contributed by atoms with Crippen molar-refractivity contribution in [1.82, 2.24) is 20.1 Å². The fourth-order valence-corrected chi connectivity index (χ4v) is 2.60. The topological polar surface area (TPSA) is 59.8 Å². The number of hydrogen-bond donors (Lipinski definition) is 1. The molecule has 0 aliphatic heterocycles. The minimum Gasteiger partial charge on any atom is -0.346 e. The minimum atomic E-state index is -4.59. The molecular formula is C18H15F3N4O. The van der Waals surface area contributed by atoms with E-state index in [0.29, 0.717) is 5.69 Å². The van der Waals surface area contributed by atoms with E-state index in [1.807, 2.05) is 12.1 Å². The van der Waals surface area contributed by atoms with Crippen molar-refractivity contribution in [1.29, 1.82) is 0 Å². The Bertz CT molecular complexity index is 920. The number of pyridine rings is 1. The van der Waals surface area contributed by atoms with Gasteiger partial charge in [0, 0.05) is 25.0 Å². The highest BCUT2D eigenvalue weighted by molar-refractivity contribution is 5.95. The Balaban J connectivity index is 1.76. The summed E-state index contributed by atoms with van der Waals surface area (Å²) in [6.45, 7) is 0.0178. The van der Waals surface area contributed by atoms with E-state index in [2.05, 4.69) is 15.4 Å². The number of carbonyl (C=O) groups excluding carboxylic acids is 1. The zero-order valence-corrected chi connectivity index (χ0v) is 13.8. The minimum absolute atomic E-state index is 0.0178. The Morgan fingerprint density at radius 3 is 2.54 bits per heavy atom. The first-order valence-electron chi connectivity index (χ1n) is 7.74. The third-order valence-electron chi connectivity index (χ3n) is 3.81. The molecule has 3 rings (SSSR count). The van der Waals surface area contributed by atoms with Gasteiger partial charge in [0.15, 0.2) is 0 Å². The molecule has 0 atom stereocenters. The van der Waals surface area contributed by atoms with Crippen molar-refractivity contribution in [3.05, 3.63) is 71.7 Å². The van der Waals surface area contributed by atoms with Crippen LogP contribution in [0.15, 0.2) is 54.9 Å². The van der Waals surface area contributed by atoms with Crippen LogP contribution in [-0.4, -0.2) is 20.7 Å². The van der Waals surface area contributed by atoms with Gasteiger partial charge in [-0.05, 0) is 30.3 Å². The number of nitrogens with zero attached hydrogens (tertiary/aromatic N) is 3. The third kappa shape index (κ3) is 3.74. The maximum absolute atomic E-state index is 13.0. The summed E-state index contributed by atoms with van der Waals surface area (Å²) in [4.78, 5) is 16.1. The zero-order valence-electron chi connectivity index (χ0n) is 13.8. The Hall–Kier alpha value is -3.16. The first-order chi connectivity index (χ1) is 12.4. The Morgan fingerprint density at radius 2 is 1.85 bits per heavy atom. The molecule has 0 aliphatic rings. The third-order valence-corrected chi connectivity index (χ3v) is 3.81. The molecule has 2 aromatic heterocycles. The molecule has 0 saturated carbocycles. The van der Waals surface area contributed by atoms with E-state index >= 15 is 0 Å². The predicted molar refractivity (Wildman–Crippen MR) is 89.1 cm³/mol. The van der Waals surface area contributed by atoms with Crippen LogP contribution in [0, 0.1) is 0 Å². The Labute approximate surface area is 147 Å². The van der Waals surface area contributed by atoms with Gasteiger partial charge in [0.1, 0.15) is 0 Å². The number of hydrogen-bond acceptors (Lipinski definition) is 3. The number of aromatic nitrogens is 3. The smallest absolute Gasteiger partial charge is 0.346 e. The second-order valence-electron chi connectivity index (χ2n) is 5.61. The second-order valence-corrected chi connectivity index (χ2v) is 5.61. The van der Waals surface area contributed by atoms with Crippen LogP contribution in [0.25, 0.3) is 11.3 Å². The quantitative estimate of drug-likeness (QED) is 0.775. The maximum Gasteiger partial charge on any atom is 0.417 e. The summed E-state index contributed by atoms with van der Waals surface area (Å²) in [6.07, 6.45) is -1.29. The summed E-state index contributed by atoms with van der Waals surface area (Å²) < 4.78 is 40.7. The van der Waals surface area contributed by atoms with Gasteiger partial charge in [-0.1, -0.05) is 12.1 Å². The van der Waals surface area contributed by atoms with Crippen LogP contribution in [0.2, 0.25) is 0 Å². The fraction of sp³-hybridized carbons (Fsp3) is 0.167. The van der Waals surface area contributed by atoms with Crippen LogP contribution in [0.3, 0.4) is 0 Å². The lowest BCUT2D eigenvalue weighted by molar-refractivity contribution is -0.137. The van der Waals surface area contributed by atoms with Gasteiger partial charge in [0.2, 0.25) is 0 Å². The van der Waals surface area contributed by atoms with Gasteiger partial charge >= 0.3 is 6.18 Å². The number of aryl methyl sites for hydroxylation is 1. The maximum atomic E-state index is 13.0. The molecule has 1 N–H and O–H groups in total. The van der Waals surface area contributed by atoms with Crippen LogP contribution in [0.4, 0.5) is 13.2 Å². The molecule has 1 amide bonds. The first kappa shape index (κ1) is 17.7. The van der Waals surface area contributed by atoms with Gasteiger partial charge in [-0.3, -0.25) is 14.5 Å². The van der Waals surface area contributed by atoms with Crippen LogP contribution in [0.5, 0.6) is 0 Å². The summed E-state index contributed by atoms with van der Waals surface area (Å²) >= 11 is 0. The normalized spacial score (nSPS) is 11.4. The molecule has 0 bridgehead atoms. The molecule has 2 heterocycles. The van der Waals surface area contributed by atoms with Crippen LogP contribution >= 0.6 is 0 Å². The molecule has 26 heavy (non-hydrogen) atoms. The number of benzene rings is 1. The molecule has 0 saturated heterocycles. The van der Waals surface area contributed by atoms with Gasteiger partial charge in [0.25, 0.3) is 5.91 Å². The van der Waals surface area contributed by atoms with E-state index < -0.39 is 23.2 Å². The highest BCUT2D eigenvalue weighted by atomic mass is 19.4. The lowest BCUT2D eigenvalue weighted by atomic mass is 10.1. The first-order valence-corrected chi connectivity index (χ1v) is 7.74. The van der Waals surface area contributed by atoms with Crippen molar-refractivity contribution < 1.29 is 18.0 Å². The van der Waals surface area contributed by atoms with Crippen LogP contribution in [-0.2, 0) is 19.8 Å². The standard InChI is InChI=1S/C18H15F3N4O/c1-25-16(12-6-8-22-9-7-12)10-13(24-25)11-23-17(26)14-4-2-3-5-15(14)18(19,20)21/h2-10H,11H2,1H3,(H,23,26). The SMILES string of the molecule is Cn1nc(CNC(=O)c2ccccc2C(F)(F)F)cc1-c1ccncc1. The summed E-state index contributed by atoms with van der Waals surface area (Å²) in [5, 5.41) is 6.78. The Kier molecular flexibility index (Phi) is 4.75. The van der Waals surface area contributed by atoms with E-state index in [1.54, 1.807) is 30.2 Å². The molecule has 8 heteroatoms. The number of halogens is 3. The van der Waals surface area contributed by atoms with E-state index in [4.69, 9.17) is 0 Å². The molecule has 0 fully saturated rings. The van der Waals surface area contributed by atoms with Crippen molar-refractivity contribution >= 4 is 5.91 Å². The molecule has 0 spiro atoms. The average molecular weight is 360 g/mol. The second kappa shape index (κ2) is 6.99. The van der Waals surface area contributed by atoms with Gasteiger partial charge in [0.05, 0.1) is 29.1 Å². The van der Waals surface area contributed by atoms with Crippen molar-refractivity contribution in [2.45, 2.75) is 12.7 Å². The van der Waals surface area contributed by atoms with E-state index in [0.717, 1.165) is 23.4 Å². The number of alkyl halides is 3. The molecule has 5 nitrogen and oxygen atoms in total. The van der Waals surface area contributed by atoms with Crippen molar-refractivity contribution in [2.75, 3.05) is 0 Å². The summed E-state index contributed by atoms with van der Waals surface area (Å²) in [6, 6.07) is 10.1. The number of nitrogens with one attached hydrogen (secondary N) is 1. The highest BCUT2D eigenvalue weighted by Crippen LogP contribution is 2.31. The zero-order chi connectivity index (χ0) is 18.7. The molecule has 0 unspecified atom stereocenters. The van der Waals surface area contributed by atoms with Crippen LogP contribution in [0.1, 0.15) is 21.6 Å². The molecule has 3 aromatic rings. The van der Waals surface area contributed by atoms with Crippen molar-refractivity contribution in [2.24, 2.45) is 7.05 Å². The van der Waals surface area contributed by atoms with Gasteiger partial charge in [-0.2, -0.15) is 18.3 Å². The number of amides is 1. The highest BCUT2D eigenvalue weighted by Gasteiger charge is 2.34. The number of carbonyl (C=O) groups is 1. The molecular weight excluding hydrogens is 345 g/mol. The van der Waals surface area contributed by atoms with E-state index in [-0.39, 0.29) is 6.54 Å². The van der Waals surface area contributed by atoms with Crippen molar-refractivity contribution in [3.8, 4) is 11.3 Å². The van der Waals surface area contributed by atoms with Gasteiger partial charge < -0.3 is 5.32 Å². The lowest BCUT2D eigenvalue weighted by Gasteiger charge is -2.12. The molecule has 1 aromatic carbocycles. The number of rotatable bonds is 4. The van der Waals surface area contributed by atoms with Crippen molar-refractivity contribution in [3.63, 3.8) is 0 Å². The van der Waals surface area contributed by atoms with E-state index in [9.17, 15) is 18.0 Å². The monoisotopic (exact) mass is 360 g/mol. The molecule has 0 aliphatic carbocycles. The predicted octanol–water partition coefficient (Wildman–Crippen LogP) is 3.43. The largest absolute Gasteiger partial charge is 0.417 e. The summed E-state index contributed by atoms with van der Waals surface area (Å²) in [5.41, 5.74) is 0.876. The van der Waals surface area contributed by atoms with Gasteiger partial charge in [-0.25, -0.2) is 0 Å². The average Bonchev–Trinajstić information content (AvgIpc) is 3.00. The molecule has 134 valence electrons. The Morgan fingerprint density at radius 1 is 1.15 bits per heavy atom. The van der Waals surface area contributed by atoms with Crippen LogP contribution < -0.4 is 5.32 Å². The van der Waals surface area contributed by atoms with E-state index in [1.165, 1.54) is 12.1 Å². The fourth-order valence-electron chi connectivity index (χ4n) is 2.60. The summed E-state index contributed by atoms with van der Waals surface area (Å²) in [7, 11) is 1.75. The molecule has 0 radical (unpaired) electrons. The van der Waals surface area contributed by atoms with Gasteiger partial charge in [-0.15, -0.1) is 0 Å². The summed E-state index contributed by atoms with van der Waals surface area (Å²) in [5.74, 6) is -0.797.